The molecule has 10 rings (SSSR count). The maximum atomic E-state index is 2.64. The van der Waals surface area contributed by atoms with Crippen molar-refractivity contribution in [1.29, 1.82) is 0 Å². The predicted molar refractivity (Wildman–Crippen MR) is 203 cm³/mol. The maximum Gasteiger partial charge on any atom is 0.418 e. The van der Waals surface area contributed by atoms with E-state index in [-0.39, 0.29) is 16.2 Å². The third kappa shape index (κ3) is 3.36. The van der Waals surface area contributed by atoms with E-state index < -0.39 is 11.1 Å². The lowest BCUT2D eigenvalue weighted by molar-refractivity contribution is -0.955. The molecule has 2 nitrogen and oxygen atoms in total. The van der Waals surface area contributed by atoms with Crippen LogP contribution in [0.3, 0.4) is 0 Å². The fourth-order valence-electron chi connectivity index (χ4n) is 10.00. The van der Waals surface area contributed by atoms with E-state index in [0.717, 1.165) is 0 Å². The zero-order chi connectivity index (χ0) is 34.7. The molecule has 2 heteroatoms. The number of nitrogens with zero attached hydrogens (tertiary/aromatic N) is 2. The zero-order valence-corrected chi connectivity index (χ0v) is 30.9. The summed E-state index contributed by atoms with van der Waals surface area (Å²) >= 11 is 0. The second-order valence-electron chi connectivity index (χ2n) is 18.3. The van der Waals surface area contributed by atoms with Crippen LogP contribution in [-0.4, -0.2) is 0 Å². The van der Waals surface area contributed by atoms with Crippen LogP contribution in [0.4, 0.5) is 0 Å². The summed E-state index contributed by atoms with van der Waals surface area (Å²) in [5.74, 6) is 0. The van der Waals surface area contributed by atoms with Crippen LogP contribution in [-0.2, 0) is 27.3 Å². The summed E-state index contributed by atoms with van der Waals surface area (Å²) < 4.78 is 5.26. The molecule has 1 unspecified atom stereocenters. The maximum absolute atomic E-state index is 2.64. The van der Waals surface area contributed by atoms with Gasteiger partial charge < -0.3 is 0 Å². The molecule has 0 radical (unpaired) electrons. The molecule has 0 saturated heterocycles. The SMILES string of the molecule is CC(C)(C)c1cc2c3c(c1)C1(c4ccccc4-c4ccccc41)c1cccc4c1C3([n+]1ccc(C(C)(C)C)cc1-4)[n+]1ccc(C(C)(C)C)cc1-2. The average Bonchev–Trinajstić information content (AvgIpc) is 3.66. The number of fused-ring (bicyclic) bond motifs is 11. The van der Waals surface area contributed by atoms with Crippen molar-refractivity contribution in [2.75, 3.05) is 0 Å². The van der Waals surface area contributed by atoms with Crippen molar-refractivity contribution in [1.82, 2.24) is 0 Å². The van der Waals surface area contributed by atoms with Gasteiger partial charge in [0.15, 0.2) is 12.4 Å². The van der Waals surface area contributed by atoms with Crippen LogP contribution in [0.15, 0.2) is 116 Å². The molecule has 246 valence electrons. The Hall–Kier alpha value is -4.82. The Kier molecular flexibility index (Phi) is 5.46. The first-order valence-electron chi connectivity index (χ1n) is 18.4. The first-order chi connectivity index (χ1) is 23.7. The molecule has 1 atom stereocenters. The summed E-state index contributed by atoms with van der Waals surface area (Å²) in [6.45, 7) is 21.1. The van der Waals surface area contributed by atoms with Gasteiger partial charge in [0.05, 0.1) is 16.5 Å². The van der Waals surface area contributed by atoms with Crippen LogP contribution in [0.5, 0.6) is 0 Å². The molecular formula is C48H46N2+2. The van der Waals surface area contributed by atoms with E-state index in [4.69, 9.17) is 0 Å². The summed E-state index contributed by atoms with van der Waals surface area (Å²) in [6, 6.07) is 40.5. The zero-order valence-electron chi connectivity index (χ0n) is 30.9. The standard InChI is InChI=1S/C48H46N2/c1-44(2,3)29-21-23-49-40(27-29)34-17-14-20-38-42(34)48(49)43-35(41-28-30(45(4,5)6)22-24-50(41)48)25-31(46(7,8)9)26-39(43)47(38)36-18-12-10-15-32(36)33-16-11-13-19-37(33)47/h10-28H,1-9H3/q+2. The summed E-state index contributed by atoms with van der Waals surface area (Å²) in [5.41, 5.74) is 19.5. The van der Waals surface area contributed by atoms with Crippen LogP contribution >= 0.6 is 0 Å². The first-order valence-corrected chi connectivity index (χ1v) is 18.4. The summed E-state index contributed by atoms with van der Waals surface area (Å²) in [4.78, 5) is 0. The van der Waals surface area contributed by atoms with Crippen molar-refractivity contribution in [3.8, 4) is 33.6 Å². The third-order valence-corrected chi connectivity index (χ3v) is 12.4. The normalized spacial score (nSPS) is 18.3. The second-order valence-corrected chi connectivity index (χ2v) is 18.3. The molecule has 0 fully saturated rings. The fourth-order valence-corrected chi connectivity index (χ4v) is 10.00. The van der Waals surface area contributed by atoms with Gasteiger partial charge in [-0.1, -0.05) is 129 Å². The Morgan fingerprint density at radius 3 is 1.40 bits per heavy atom. The molecule has 2 aromatic heterocycles. The molecule has 4 heterocycles. The number of rotatable bonds is 0. The third-order valence-electron chi connectivity index (χ3n) is 12.4. The Morgan fingerprint density at radius 1 is 0.400 bits per heavy atom. The molecule has 0 saturated carbocycles. The van der Waals surface area contributed by atoms with Crippen LogP contribution < -0.4 is 9.13 Å². The van der Waals surface area contributed by atoms with Crippen molar-refractivity contribution >= 4 is 0 Å². The number of pyridine rings is 2. The molecule has 4 aliphatic rings. The Balaban J connectivity index is 1.48. The van der Waals surface area contributed by atoms with Gasteiger partial charge in [0.25, 0.3) is 0 Å². The smallest absolute Gasteiger partial charge is 0.125 e. The highest BCUT2D eigenvalue weighted by atomic mass is 15.3. The molecule has 0 N–H and O–H groups in total. The van der Waals surface area contributed by atoms with Gasteiger partial charge in [-0.3, -0.25) is 0 Å². The van der Waals surface area contributed by atoms with Gasteiger partial charge in [-0.15, -0.1) is 9.13 Å². The number of hydrogen-bond donors (Lipinski definition) is 0. The Morgan fingerprint density at radius 2 is 0.860 bits per heavy atom. The van der Waals surface area contributed by atoms with Gasteiger partial charge in [0, 0.05) is 24.3 Å². The van der Waals surface area contributed by atoms with Gasteiger partial charge in [0.1, 0.15) is 11.1 Å². The Labute approximate surface area is 297 Å². The van der Waals surface area contributed by atoms with Gasteiger partial charge >= 0.3 is 5.66 Å². The number of benzene rings is 4. The van der Waals surface area contributed by atoms with E-state index in [2.05, 4.69) is 187 Å². The van der Waals surface area contributed by atoms with Gasteiger partial charge in [-0.2, -0.15) is 0 Å². The lowest BCUT2D eigenvalue weighted by Gasteiger charge is -2.41. The van der Waals surface area contributed by atoms with Crippen molar-refractivity contribution in [2.24, 2.45) is 0 Å². The lowest BCUT2D eigenvalue weighted by Crippen LogP contribution is -2.73. The minimum atomic E-state index is -0.553. The quantitative estimate of drug-likeness (QED) is 0.144. The summed E-state index contributed by atoms with van der Waals surface area (Å²) in [5, 5.41) is 0. The van der Waals surface area contributed by atoms with E-state index in [0.29, 0.717) is 0 Å². The molecule has 0 amide bonds. The molecule has 0 bridgehead atoms. The van der Waals surface area contributed by atoms with Crippen molar-refractivity contribution in [2.45, 2.75) is 89.6 Å². The van der Waals surface area contributed by atoms with Crippen molar-refractivity contribution < 1.29 is 9.13 Å². The van der Waals surface area contributed by atoms with Gasteiger partial charge in [0.2, 0.25) is 11.4 Å². The molecule has 2 aliphatic carbocycles. The molecule has 50 heavy (non-hydrogen) atoms. The predicted octanol–water partition coefficient (Wildman–Crippen LogP) is 10.1. The lowest BCUT2D eigenvalue weighted by atomic mass is 9.58. The molecular weight excluding hydrogens is 605 g/mol. The highest BCUT2D eigenvalue weighted by molar-refractivity contribution is 5.92. The van der Waals surface area contributed by atoms with E-state index in [1.165, 1.54) is 83.7 Å². The van der Waals surface area contributed by atoms with Gasteiger partial charge in [-0.05, 0) is 78.4 Å². The highest BCUT2D eigenvalue weighted by Gasteiger charge is 2.74. The topological polar surface area (TPSA) is 7.76 Å². The van der Waals surface area contributed by atoms with E-state index in [1.54, 1.807) is 0 Å². The monoisotopic (exact) mass is 650 g/mol. The van der Waals surface area contributed by atoms with Crippen LogP contribution in [0.25, 0.3) is 33.6 Å². The molecule has 4 aromatic carbocycles. The van der Waals surface area contributed by atoms with Crippen LogP contribution in [0.2, 0.25) is 0 Å². The highest BCUT2D eigenvalue weighted by Crippen LogP contribution is 2.66. The largest absolute Gasteiger partial charge is 0.418 e. The average molecular weight is 651 g/mol. The minimum Gasteiger partial charge on any atom is -0.125 e. The fraction of sp³-hybridized carbons (Fsp3) is 0.292. The summed E-state index contributed by atoms with van der Waals surface area (Å²) in [6.07, 6.45) is 4.81. The van der Waals surface area contributed by atoms with E-state index in [1.807, 2.05) is 0 Å². The van der Waals surface area contributed by atoms with E-state index in [9.17, 15) is 0 Å². The van der Waals surface area contributed by atoms with Crippen LogP contribution in [0, 0.1) is 0 Å². The summed E-state index contributed by atoms with van der Waals surface area (Å²) in [7, 11) is 0. The minimum absolute atomic E-state index is 0.0200. The number of aromatic nitrogens is 2. The van der Waals surface area contributed by atoms with Crippen LogP contribution in [0.1, 0.15) is 112 Å². The molecule has 6 aromatic rings. The van der Waals surface area contributed by atoms with Crippen molar-refractivity contribution in [3.63, 3.8) is 0 Å². The van der Waals surface area contributed by atoms with Crippen molar-refractivity contribution in [3.05, 3.63) is 166 Å². The number of hydrogen-bond acceptors (Lipinski definition) is 0. The van der Waals surface area contributed by atoms with Gasteiger partial charge in [-0.25, -0.2) is 0 Å². The first kappa shape index (κ1) is 30.0. The molecule has 2 aliphatic heterocycles. The molecule has 2 spiro atoms. The Bertz CT molecular complexity index is 2450. The second kappa shape index (κ2) is 9.09. The van der Waals surface area contributed by atoms with E-state index >= 15 is 0 Å².